The van der Waals surface area contributed by atoms with E-state index in [2.05, 4.69) is 4.98 Å². The topological polar surface area (TPSA) is 38.9 Å². The Morgan fingerprint density at radius 1 is 1.50 bits per heavy atom. The van der Waals surface area contributed by atoms with Crippen LogP contribution in [0.15, 0.2) is 18.3 Å². The minimum Gasteiger partial charge on any atom is -0.328 e. The Balaban J connectivity index is 3.04. The summed E-state index contributed by atoms with van der Waals surface area (Å²) in [6.45, 7) is 1.66. The van der Waals surface area contributed by atoms with Crippen LogP contribution in [0.1, 0.15) is 18.2 Å². The van der Waals surface area contributed by atoms with Crippen LogP contribution in [-0.4, -0.2) is 11.0 Å². The van der Waals surface area contributed by atoms with Gasteiger partial charge < -0.3 is 5.73 Å². The molecule has 0 aliphatic heterocycles. The highest BCUT2D eigenvalue weighted by atomic mass is 19.4. The molecule has 1 aromatic heterocycles. The lowest BCUT2D eigenvalue weighted by Gasteiger charge is -2.12. The van der Waals surface area contributed by atoms with Crippen molar-refractivity contribution in [3.63, 3.8) is 0 Å². The third-order valence-corrected chi connectivity index (χ3v) is 1.70. The van der Waals surface area contributed by atoms with Crippen molar-refractivity contribution in [2.75, 3.05) is 0 Å². The summed E-state index contributed by atoms with van der Waals surface area (Å²) in [6, 6.07) is 2.58. The van der Waals surface area contributed by atoms with E-state index >= 15 is 0 Å². The standard InChI is InChI=1S/C9H11F3N2/c1-6(13)5-7-3-2-4-14-8(7)9(10,11)12/h2-4,6H,5,13H2,1H3/t6-/m0/s1. The van der Waals surface area contributed by atoms with Gasteiger partial charge in [0.05, 0.1) is 0 Å². The van der Waals surface area contributed by atoms with Crippen LogP contribution in [-0.2, 0) is 12.6 Å². The summed E-state index contributed by atoms with van der Waals surface area (Å²) in [7, 11) is 0. The van der Waals surface area contributed by atoms with Crippen molar-refractivity contribution < 1.29 is 13.2 Å². The second kappa shape index (κ2) is 3.96. The molecular weight excluding hydrogens is 193 g/mol. The average Bonchev–Trinajstić information content (AvgIpc) is 2.01. The molecular formula is C9H11F3N2. The van der Waals surface area contributed by atoms with Gasteiger partial charge in [0, 0.05) is 12.2 Å². The zero-order valence-corrected chi connectivity index (χ0v) is 7.67. The van der Waals surface area contributed by atoms with E-state index in [0.717, 1.165) is 6.20 Å². The first-order valence-corrected chi connectivity index (χ1v) is 4.18. The molecule has 0 bridgehead atoms. The van der Waals surface area contributed by atoms with Gasteiger partial charge in [0.25, 0.3) is 0 Å². The summed E-state index contributed by atoms with van der Waals surface area (Å²) in [6.07, 6.45) is -3.08. The maximum atomic E-state index is 12.4. The lowest BCUT2D eigenvalue weighted by Crippen LogP contribution is -2.21. The van der Waals surface area contributed by atoms with Crippen molar-refractivity contribution in [1.82, 2.24) is 4.98 Å². The van der Waals surface area contributed by atoms with Crippen LogP contribution >= 0.6 is 0 Å². The highest BCUT2D eigenvalue weighted by Gasteiger charge is 2.34. The third kappa shape index (κ3) is 2.70. The number of rotatable bonds is 2. The Morgan fingerprint density at radius 3 is 2.64 bits per heavy atom. The smallest absolute Gasteiger partial charge is 0.328 e. The van der Waals surface area contributed by atoms with Crippen LogP contribution in [0.5, 0.6) is 0 Å². The van der Waals surface area contributed by atoms with Gasteiger partial charge in [-0.2, -0.15) is 13.2 Å². The second-order valence-corrected chi connectivity index (χ2v) is 3.19. The van der Waals surface area contributed by atoms with Gasteiger partial charge in [-0.15, -0.1) is 0 Å². The second-order valence-electron chi connectivity index (χ2n) is 3.19. The van der Waals surface area contributed by atoms with Crippen molar-refractivity contribution in [1.29, 1.82) is 0 Å². The zero-order valence-electron chi connectivity index (χ0n) is 7.67. The molecule has 1 aromatic rings. The van der Waals surface area contributed by atoms with E-state index in [0.29, 0.717) is 0 Å². The SMILES string of the molecule is C[C@H](N)Cc1cccnc1C(F)(F)F. The number of pyridine rings is 1. The van der Waals surface area contributed by atoms with E-state index in [4.69, 9.17) is 5.73 Å². The molecule has 0 aliphatic carbocycles. The summed E-state index contributed by atoms with van der Waals surface area (Å²) in [5.74, 6) is 0. The molecule has 2 nitrogen and oxygen atoms in total. The summed E-state index contributed by atoms with van der Waals surface area (Å²) in [5, 5.41) is 0. The van der Waals surface area contributed by atoms with E-state index in [1.54, 1.807) is 6.92 Å². The van der Waals surface area contributed by atoms with Gasteiger partial charge in [0.1, 0.15) is 5.69 Å². The summed E-state index contributed by atoms with van der Waals surface area (Å²) in [5.41, 5.74) is 4.75. The van der Waals surface area contributed by atoms with Crippen LogP contribution in [0, 0.1) is 0 Å². The number of aromatic nitrogens is 1. The van der Waals surface area contributed by atoms with Crippen LogP contribution in [0.4, 0.5) is 13.2 Å². The Morgan fingerprint density at radius 2 is 2.14 bits per heavy atom. The van der Waals surface area contributed by atoms with Gasteiger partial charge in [-0.1, -0.05) is 6.07 Å². The predicted molar refractivity (Wildman–Crippen MR) is 46.6 cm³/mol. The number of nitrogens with two attached hydrogens (primary N) is 1. The third-order valence-electron chi connectivity index (χ3n) is 1.70. The molecule has 2 N–H and O–H groups in total. The molecule has 0 aliphatic rings. The fourth-order valence-electron chi connectivity index (χ4n) is 1.21. The molecule has 1 heterocycles. The highest BCUT2D eigenvalue weighted by Crippen LogP contribution is 2.30. The molecule has 0 saturated heterocycles. The molecule has 0 radical (unpaired) electrons. The molecule has 1 rings (SSSR count). The maximum Gasteiger partial charge on any atom is 0.433 e. The fraction of sp³-hybridized carbons (Fsp3) is 0.444. The Labute approximate surface area is 79.9 Å². The Bertz CT molecular complexity index is 307. The minimum absolute atomic E-state index is 0.148. The first-order chi connectivity index (χ1) is 6.41. The normalized spacial score (nSPS) is 14.1. The van der Waals surface area contributed by atoms with Gasteiger partial charge >= 0.3 is 6.18 Å². The largest absolute Gasteiger partial charge is 0.433 e. The molecule has 5 heteroatoms. The summed E-state index contributed by atoms with van der Waals surface area (Å²) in [4.78, 5) is 3.32. The first kappa shape index (κ1) is 11.0. The minimum atomic E-state index is -4.40. The molecule has 0 unspecified atom stereocenters. The molecule has 0 aromatic carbocycles. The maximum absolute atomic E-state index is 12.4. The van der Waals surface area contributed by atoms with E-state index in [1.807, 2.05) is 0 Å². The van der Waals surface area contributed by atoms with Gasteiger partial charge in [-0.05, 0) is 25.0 Å². The first-order valence-electron chi connectivity index (χ1n) is 4.18. The van der Waals surface area contributed by atoms with E-state index in [1.165, 1.54) is 12.1 Å². The fourth-order valence-corrected chi connectivity index (χ4v) is 1.21. The zero-order chi connectivity index (χ0) is 10.8. The van der Waals surface area contributed by atoms with Gasteiger partial charge in [-0.3, -0.25) is 4.98 Å². The Hall–Kier alpha value is -1.10. The van der Waals surface area contributed by atoms with Crippen LogP contribution < -0.4 is 5.73 Å². The lowest BCUT2D eigenvalue weighted by atomic mass is 10.1. The number of hydrogen-bond acceptors (Lipinski definition) is 2. The Kier molecular flexibility index (Phi) is 3.10. The van der Waals surface area contributed by atoms with Gasteiger partial charge in [0.15, 0.2) is 0 Å². The van der Waals surface area contributed by atoms with Crippen LogP contribution in [0.2, 0.25) is 0 Å². The van der Waals surface area contributed by atoms with Crippen molar-refractivity contribution in [2.45, 2.75) is 25.6 Å². The van der Waals surface area contributed by atoms with Crippen molar-refractivity contribution in [3.8, 4) is 0 Å². The molecule has 0 spiro atoms. The molecule has 1 atom stereocenters. The van der Waals surface area contributed by atoms with Crippen molar-refractivity contribution in [3.05, 3.63) is 29.6 Å². The summed E-state index contributed by atoms with van der Waals surface area (Å²) >= 11 is 0. The highest BCUT2D eigenvalue weighted by molar-refractivity contribution is 5.23. The van der Waals surface area contributed by atoms with Crippen molar-refractivity contribution in [2.24, 2.45) is 5.73 Å². The van der Waals surface area contributed by atoms with E-state index in [9.17, 15) is 13.2 Å². The molecule has 78 valence electrons. The van der Waals surface area contributed by atoms with Crippen molar-refractivity contribution >= 4 is 0 Å². The molecule has 0 saturated carbocycles. The van der Waals surface area contributed by atoms with Crippen LogP contribution in [0.25, 0.3) is 0 Å². The summed E-state index contributed by atoms with van der Waals surface area (Å²) < 4.78 is 37.2. The average molecular weight is 204 g/mol. The van der Waals surface area contributed by atoms with E-state index < -0.39 is 11.9 Å². The van der Waals surface area contributed by atoms with Crippen LogP contribution in [0.3, 0.4) is 0 Å². The predicted octanol–water partition coefficient (Wildman–Crippen LogP) is 1.99. The monoisotopic (exact) mass is 204 g/mol. The molecule has 0 amide bonds. The molecule has 0 fully saturated rings. The van der Waals surface area contributed by atoms with Gasteiger partial charge in [-0.25, -0.2) is 0 Å². The number of hydrogen-bond donors (Lipinski definition) is 1. The quantitative estimate of drug-likeness (QED) is 0.800. The molecule has 14 heavy (non-hydrogen) atoms. The number of halogens is 3. The van der Waals surface area contributed by atoms with Gasteiger partial charge in [0.2, 0.25) is 0 Å². The van der Waals surface area contributed by atoms with E-state index in [-0.39, 0.29) is 18.0 Å². The number of alkyl halides is 3. The number of nitrogens with zero attached hydrogens (tertiary/aromatic N) is 1. The lowest BCUT2D eigenvalue weighted by molar-refractivity contribution is -0.141.